The van der Waals surface area contributed by atoms with Gasteiger partial charge in [0.05, 0.1) is 28.3 Å². The van der Waals surface area contributed by atoms with E-state index in [1.165, 1.54) is 16.4 Å². The molecule has 0 atom stereocenters. The minimum atomic E-state index is -3.63. The third-order valence-electron chi connectivity index (χ3n) is 7.52. The van der Waals surface area contributed by atoms with E-state index in [0.717, 1.165) is 65.7 Å². The van der Waals surface area contributed by atoms with Crippen molar-refractivity contribution in [2.75, 3.05) is 57.4 Å². The Morgan fingerprint density at radius 3 is 2.49 bits per heavy atom. The van der Waals surface area contributed by atoms with Crippen LogP contribution in [-0.4, -0.2) is 81.0 Å². The summed E-state index contributed by atoms with van der Waals surface area (Å²) in [6.45, 7) is 9.55. The molecule has 0 aliphatic carbocycles. The van der Waals surface area contributed by atoms with Crippen molar-refractivity contribution in [2.24, 2.45) is 5.92 Å². The van der Waals surface area contributed by atoms with Crippen molar-refractivity contribution in [1.29, 1.82) is 0 Å². The Balaban J connectivity index is 1.31. The second-order valence-electron chi connectivity index (χ2n) is 10.4. The van der Waals surface area contributed by atoms with Crippen LogP contribution in [0.2, 0.25) is 5.02 Å². The Kier molecular flexibility index (Phi) is 8.90. The van der Waals surface area contributed by atoms with Crippen molar-refractivity contribution in [1.82, 2.24) is 14.2 Å². The molecule has 8 nitrogen and oxygen atoms in total. The highest BCUT2D eigenvalue weighted by atomic mass is 35.5. The van der Waals surface area contributed by atoms with Gasteiger partial charge in [-0.2, -0.15) is 4.31 Å². The number of fused-ring (bicyclic) bond motifs is 1. The minimum Gasteiger partial charge on any atom is -0.379 e. The predicted molar refractivity (Wildman–Crippen MR) is 156 cm³/mol. The molecule has 0 saturated carbocycles. The molecule has 0 radical (unpaired) electrons. The third-order valence-corrected chi connectivity index (χ3v) is 10.9. The number of rotatable bonds is 8. The molecule has 39 heavy (non-hydrogen) atoms. The normalized spacial score (nSPS) is 18.0. The molecule has 2 aliphatic heterocycles. The summed E-state index contributed by atoms with van der Waals surface area (Å²) in [6, 6.07) is 10.4. The van der Waals surface area contributed by atoms with Crippen molar-refractivity contribution in [3.05, 3.63) is 52.5 Å². The summed E-state index contributed by atoms with van der Waals surface area (Å²) in [5, 5.41) is 1.22. The number of ether oxygens (including phenoxy) is 1. The summed E-state index contributed by atoms with van der Waals surface area (Å²) < 4.78 is 34.3. The van der Waals surface area contributed by atoms with Gasteiger partial charge in [0.25, 0.3) is 0 Å². The lowest BCUT2D eigenvalue weighted by Crippen LogP contribution is -2.45. The van der Waals surface area contributed by atoms with E-state index < -0.39 is 10.0 Å². The number of aryl methyl sites for hydroxylation is 2. The van der Waals surface area contributed by atoms with Gasteiger partial charge in [0.15, 0.2) is 5.13 Å². The van der Waals surface area contributed by atoms with Gasteiger partial charge in [-0.15, -0.1) is 0 Å². The van der Waals surface area contributed by atoms with Crippen LogP contribution in [0.1, 0.15) is 30.4 Å². The largest absolute Gasteiger partial charge is 0.379 e. The monoisotopic (exact) mass is 590 g/mol. The van der Waals surface area contributed by atoms with Crippen LogP contribution in [0, 0.1) is 19.8 Å². The Labute approximate surface area is 239 Å². The molecule has 0 spiro atoms. The maximum Gasteiger partial charge on any atom is 0.243 e. The topological polar surface area (TPSA) is 83.0 Å². The molecule has 2 saturated heterocycles. The number of anilines is 1. The first-order chi connectivity index (χ1) is 18.7. The molecule has 2 aliphatic rings. The molecule has 0 unspecified atom stereocenters. The Bertz CT molecular complexity index is 1410. The van der Waals surface area contributed by atoms with Crippen LogP contribution < -0.4 is 4.90 Å². The van der Waals surface area contributed by atoms with Gasteiger partial charge in [0.1, 0.15) is 0 Å². The van der Waals surface area contributed by atoms with Gasteiger partial charge in [-0.1, -0.05) is 29.0 Å². The molecule has 11 heteroatoms. The summed E-state index contributed by atoms with van der Waals surface area (Å²) >= 11 is 7.51. The zero-order valence-corrected chi connectivity index (χ0v) is 24.8. The standard InChI is InChI=1S/C28H35ClN4O4S2/c1-20-18-21(2)26-25(19-20)30-28(38-26)33(11-3-10-31-14-16-37-17-15-31)27(34)22-8-12-32(13-9-22)39(35,36)24-6-4-23(29)5-7-24/h4-7,18-19,22H,3,8-17H2,1-2H3. The number of thiazole rings is 1. The van der Waals surface area contributed by atoms with Crippen LogP contribution in [0.15, 0.2) is 41.3 Å². The first-order valence-electron chi connectivity index (χ1n) is 13.5. The number of carbonyl (C=O) groups excluding carboxylic acids is 1. The number of morpholine rings is 1. The number of hydrogen-bond donors (Lipinski definition) is 0. The predicted octanol–water partition coefficient (Wildman–Crippen LogP) is 4.72. The van der Waals surface area contributed by atoms with E-state index in [-0.39, 0.29) is 16.7 Å². The van der Waals surface area contributed by atoms with Gasteiger partial charge in [0.2, 0.25) is 15.9 Å². The first-order valence-corrected chi connectivity index (χ1v) is 16.1. The second kappa shape index (κ2) is 12.2. The van der Waals surface area contributed by atoms with E-state index in [2.05, 4.69) is 30.9 Å². The summed E-state index contributed by atoms with van der Waals surface area (Å²) in [6.07, 6.45) is 1.80. The Hall–Kier alpha value is -2.08. The lowest BCUT2D eigenvalue weighted by molar-refractivity contribution is -0.123. The van der Waals surface area contributed by atoms with Gasteiger partial charge in [-0.05, 0) is 74.6 Å². The van der Waals surface area contributed by atoms with Crippen LogP contribution in [0.5, 0.6) is 0 Å². The van der Waals surface area contributed by atoms with Crippen molar-refractivity contribution >= 4 is 54.2 Å². The van der Waals surface area contributed by atoms with Gasteiger partial charge in [-0.3, -0.25) is 14.6 Å². The highest BCUT2D eigenvalue weighted by molar-refractivity contribution is 7.89. The smallest absolute Gasteiger partial charge is 0.243 e. The van der Waals surface area contributed by atoms with Gasteiger partial charge in [-0.25, -0.2) is 13.4 Å². The number of nitrogens with zero attached hydrogens (tertiary/aromatic N) is 4. The van der Waals surface area contributed by atoms with E-state index >= 15 is 0 Å². The van der Waals surface area contributed by atoms with Crippen molar-refractivity contribution in [2.45, 2.75) is 38.0 Å². The number of piperidine rings is 1. The number of hydrogen-bond acceptors (Lipinski definition) is 7. The molecular weight excluding hydrogens is 556 g/mol. The summed E-state index contributed by atoms with van der Waals surface area (Å²) in [5.41, 5.74) is 3.23. The lowest BCUT2D eigenvalue weighted by Gasteiger charge is -2.33. The lowest BCUT2D eigenvalue weighted by atomic mass is 9.96. The summed E-state index contributed by atoms with van der Waals surface area (Å²) in [7, 11) is -3.63. The summed E-state index contributed by atoms with van der Waals surface area (Å²) in [4.78, 5) is 23.3. The molecule has 2 aromatic carbocycles. The van der Waals surface area contributed by atoms with E-state index in [4.69, 9.17) is 21.3 Å². The molecule has 1 amide bonds. The number of benzene rings is 2. The molecule has 5 rings (SSSR count). The van der Waals surface area contributed by atoms with Gasteiger partial charge >= 0.3 is 0 Å². The van der Waals surface area contributed by atoms with Crippen LogP contribution in [0.4, 0.5) is 5.13 Å². The summed E-state index contributed by atoms with van der Waals surface area (Å²) in [5.74, 6) is -0.214. The average Bonchev–Trinajstić information content (AvgIpc) is 3.36. The first kappa shape index (κ1) is 28.4. The van der Waals surface area contributed by atoms with E-state index in [0.29, 0.717) is 37.5 Å². The van der Waals surface area contributed by atoms with Crippen LogP contribution in [-0.2, 0) is 19.6 Å². The zero-order valence-electron chi connectivity index (χ0n) is 22.4. The van der Waals surface area contributed by atoms with Crippen LogP contribution in [0.25, 0.3) is 10.2 Å². The van der Waals surface area contributed by atoms with Gasteiger partial charge in [0, 0.05) is 50.2 Å². The molecular formula is C28H35ClN4O4S2. The average molecular weight is 591 g/mol. The van der Waals surface area contributed by atoms with Crippen molar-refractivity contribution < 1.29 is 17.9 Å². The number of amides is 1. The molecule has 2 fully saturated rings. The molecule has 0 N–H and O–H groups in total. The number of sulfonamides is 1. The van der Waals surface area contributed by atoms with Crippen LogP contribution >= 0.6 is 22.9 Å². The number of aromatic nitrogens is 1. The van der Waals surface area contributed by atoms with Crippen LogP contribution in [0.3, 0.4) is 0 Å². The third kappa shape index (κ3) is 6.47. The SMILES string of the molecule is Cc1cc(C)c2sc(N(CCCN3CCOCC3)C(=O)C3CCN(S(=O)(=O)c4ccc(Cl)cc4)CC3)nc2c1. The highest BCUT2D eigenvalue weighted by Gasteiger charge is 2.35. The van der Waals surface area contributed by atoms with Gasteiger partial charge < -0.3 is 4.74 Å². The van der Waals surface area contributed by atoms with E-state index in [1.54, 1.807) is 23.5 Å². The maximum atomic E-state index is 13.9. The molecule has 210 valence electrons. The molecule has 3 heterocycles. The molecule has 0 bridgehead atoms. The quantitative estimate of drug-likeness (QED) is 0.377. The number of halogens is 1. The Morgan fingerprint density at radius 2 is 1.79 bits per heavy atom. The molecule has 3 aromatic rings. The van der Waals surface area contributed by atoms with Crippen molar-refractivity contribution in [3.8, 4) is 0 Å². The second-order valence-corrected chi connectivity index (χ2v) is 13.7. The number of carbonyl (C=O) groups is 1. The van der Waals surface area contributed by atoms with Crippen molar-refractivity contribution in [3.63, 3.8) is 0 Å². The highest BCUT2D eigenvalue weighted by Crippen LogP contribution is 2.34. The Morgan fingerprint density at radius 1 is 1.10 bits per heavy atom. The fourth-order valence-electron chi connectivity index (χ4n) is 5.38. The maximum absolute atomic E-state index is 13.9. The fourth-order valence-corrected chi connectivity index (χ4v) is 8.02. The van der Waals surface area contributed by atoms with E-state index in [1.807, 2.05) is 4.90 Å². The zero-order chi connectivity index (χ0) is 27.6. The minimum absolute atomic E-state index is 0.0361. The van der Waals surface area contributed by atoms with E-state index in [9.17, 15) is 13.2 Å². The molecule has 1 aromatic heterocycles. The fraction of sp³-hybridized carbons (Fsp3) is 0.500.